The zero-order valence-corrected chi connectivity index (χ0v) is 31.5. The van der Waals surface area contributed by atoms with Crippen molar-refractivity contribution in [2.45, 2.75) is 0 Å². The molecule has 0 bridgehead atoms. The summed E-state index contributed by atoms with van der Waals surface area (Å²) in [4.78, 5) is 7.31. The fraction of sp³-hybridized carbons (Fsp3) is 0. The molecule has 10 aromatic carbocycles. The molecule has 0 unspecified atom stereocenters. The van der Waals surface area contributed by atoms with E-state index in [1.54, 1.807) is 0 Å². The van der Waals surface area contributed by atoms with E-state index in [0.717, 1.165) is 55.3 Å². The highest BCUT2D eigenvalue weighted by atomic mass is 32.1. The Bertz CT molecular complexity index is 3530. The molecule has 0 amide bonds. The van der Waals surface area contributed by atoms with Crippen LogP contribution >= 0.6 is 11.3 Å². The van der Waals surface area contributed by atoms with Crippen LogP contribution < -0.4 is 4.90 Å². The van der Waals surface area contributed by atoms with E-state index in [1.165, 1.54) is 52.8 Å². The van der Waals surface area contributed by atoms with E-state index in [9.17, 15) is 0 Å². The lowest BCUT2D eigenvalue weighted by Gasteiger charge is -2.26. The Hall–Kier alpha value is -7.27. The summed E-state index contributed by atoms with van der Waals surface area (Å²) in [6, 6.07) is 69.9. The third-order valence-corrected chi connectivity index (χ3v) is 12.6. The van der Waals surface area contributed by atoms with Crippen LogP contribution in [0.4, 0.5) is 17.1 Å². The molecule has 4 heteroatoms. The molecule has 0 spiro atoms. The number of fused-ring (bicyclic) bond motifs is 11. The number of hydrogen-bond donors (Lipinski definition) is 0. The predicted octanol–water partition coefficient (Wildman–Crippen LogP) is 15.6. The number of rotatable bonds is 5. The molecule has 12 aromatic rings. The second-order valence-electron chi connectivity index (χ2n) is 14.7. The minimum atomic E-state index is 0.629. The molecule has 12 rings (SSSR count). The third-order valence-electron chi connectivity index (χ3n) is 11.4. The lowest BCUT2D eigenvalue weighted by atomic mass is 9.91. The van der Waals surface area contributed by atoms with Gasteiger partial charge in [0.05, 0.1) is 0 Å². The smallest absolute Gasteiger partial charge is 0.227 e. The summed E-state index contributed by atoms with van der Waals surface area (Å²) in [7, 11) is 0. The van der Waals surface area contributed by atoms with Gasteiger partial charge in [0, 0.05) is 48.2 Å². The minimum absolute atomic E-state index is 0.629. The second kappa shape index (κ2) is 12.6. The van der Waals surface area contributed by atoms with Gasteiger partial charge >= 0.3 is 0 Å². The highest BCUT2D eigenvalue weighted by Crippen LogP contribution is 2.46. The van der Waals surface area contributed by atoms with E-state index in [0.29, 0.717) is 5.89 Å². The van der Waals surface area contributed by atoms with E-state index in [1.807, 2.05) is 41.7 Å². The van der Waals surface area contributed by atoms with Gasteiger partial charge in [-0.25, -0.2) is 4.98 Å². The van der Waals surface area contributed by atoms with Gasteiger partial charge in [-0.1, -0.05) is 127 Å². The molecule has 57 heavy (non-hydrogen) atoms. The molecule has 0 aliphatic rings. The third kappa shape index (κ3) is 5.08. The lowest BCUT2D eigenvalue weighted by Crippen LogP contribution is -2.09. The first-order chi connectivity index (χ1) is 28.2. The van der Waals surface area contributed by atoms with Crippen molar-refractivity contribution in [3.8, 4) is 22.6 Å². The molecule has 266 valence electrons. The summed E-state index contributed by atoms with van der Waals surface area (Å²) in [6.45, 7) is 0. The molecule has 0 aliphatic carbocycles. The number of para-hydroxylation sites is 1. The number of hydrogen-bond acceptors (Lipinski definition) is 4. The molecule has 0 saturated carbocycles. The molecule has 0 aliphatic heterocycles. The summed E-state index contributed by atoms with van der Waals surface area (Å²) >= 11 is 1.86. The summed E-state index contributed by atoms with van der Waals surface area (Å²) in [5, 5.41) is 12.1. The zero-order chi connectivity index (χ0) is 37.5. The first-order valence-electron chi connectivity index (χ1n) is 19.3. The van der Waals surface area contributed by atoms with Crippen LogP contribution in [0.3, 0.4) is 0 Å². The Morgan fingerprint density at radius 2 is 1.02 bits per heavy atom. The molecule has 2 heterocycles. The van der Waals surface area contributed by atoms with E-state index in [4.69, 9.17) is 9.40 Å². The van der Waals surface area contributed by atoms with Gasteiger partial charge in [-0.2, -0.15) is 0 Å². The normalized spacial score (nSPS) is 11.9. The van der Waals surface area contributed by atoms with Gasteiger partial charge in [-0.3, -0.25) is 0 Å². The minimum Gasteiger partial charge on any atom is -0.435 e. The van der Waals surface area contributed by atoms with Crippen LogP contribution in [-0.2, 0) is 0 Å². The van der Waals surface area contributed by atoms with Gasteiger partial charge in [0.25, 0.3) is 0 Å². The van der Waals surface area contributed by atoms with Gasteiger partial charge < -0.3 is 9.32 Å². The topological polar surface area (TPSA) is 29.3 Å². The van der Waals surface area contributed by atoms with Crippen molar-refractivity contribution >= 4 is 103 Å². The van der Waals surface area contributed by atoms with Crippen LogP contribution in [0.5, 0.6) is 0 Å². The van der Waals surface area contributed by atoms with Crippen molar-refractivity contribution < 1.29 is 4.42 Å². The Morgan fingerprint density at radius 1 is 0.404 bits per heavy atom. The Kier molecular flexibility index (Phi) is 7.10. The second-order valence-corrected chi connectivity index (χ2v) is 15.8. The SMILES string of the molecule is c1ccc(-c2nc3ccc4ccc5ccc(N(c6ccccc6)c6ccc7sc8cccc(-c9cccc%10ccc%11ccccc%11c9%10)c8c7c6)cc5c4c3o2)cc1. The first kappa shape index (κ1) is 32.0. The summed E-state index contributed by atoms with van der Waals surface area (Å²) < 4.78 is 9.15. The first-order valence-corrected chi connectivity index (χ1v) is 20.1. The summed E-state index contributed by atoms with van der Waals surface area (Å²) in [6.07, 6.45) is 0. The number of oxazole rings is 1. The average Bonchev–Trinajstić information content (AvgIpc) is 3.89. The quantitative estimate of drug-likeness (QED) is 0.164. The maximum absolute atomic E-state index is 6.60. The number of nitrogens with zero attached hydrogens (tertiary/aromatic N) is 2. The number of thiophene rings is 1. The van der Waals surface area contributed by atoms with Gasteiger partial charge in [0.15, 0.2) is 5.58 Å². The van der Waals surface area contributed by atoms with Crippen LogP contribution in [-0.4, -0.2) is 4.98 Å². The van der Waals surface area contributed by atoms with Crippen molar-refractivity contribution in [1.82, 2.24) is 4.98 Å². The van der Waals surface area contributed by atoms with Gasteiger partial charge in [-0.05, 0) is 116 Å². The number of benzene rings is 10. The van der Waals surface area contributed by atoms with Crippen LogP contribution in [0.2, 0.25) is 0 Å². The van der Waals surface area contributed by atoms with E-state index < -0.39 is 0 Å². The Morgan fingerprint density at radius 3 is 1.86 bits per heavy atom. The monoisotopic (exact) mass is 744 g/mol. The van der Waals surface area contributed by atoms with Crippen LogP contribution in [0.15, 0.2) is 199 Å². The molecule has 0 N–H and O–H groups in total. The van der Waals surface area contributed by atoms with Crippen molar-refractivity contribution in [3.05, 3.63) is 194 Å². The van der Waals surface area contributed by atoms with Crippen molar-refractivity contribution in [2.75, 3.05) is 4.90 Å². The van der Waals surface area contributed by atoms with Gasteiger partial charge in [0.1, 0.15) is 5.52 Å². The van der Waals surface area contributed by atoms with Crippen LogP contribution in [0, 0.1) is 0 Å². The molecule has 0 atom stereocenters. The van der Waals surface area contributed by atoms with E-state index in [-0.39, 0.29) is 0 Å². The fourth-order valence-corrected chi connectivity index (χ4v) is 9.95. The Labute approximate surface area is 332 Å². The lowest BCUT2D eigenvalue weighted by molar-refractivity contribution is 0.623. The van der Waals surface area contributed by atoms with Gasteiger partial charge in [-0.15, -0.1) is 11.3 Å². The van der Waals surface area contributed by atoms with Gasteiger partial charge in [0.2, 0.25) is 5.89 Å². The summed E-state index contributed by atoms with van der Waals surface area (Å²) in [5.41, 5.74) is 8.40. The maximum atomic E-state index is 6.60. The fourth-order valence-electron chi connectivity index (χ4n) is 8.84. The molecule has 3 nitrogen and oxygen atoms in total. The number of anilines is 3. The molecule has 0 fully saturated rings. The summed E-state index contributed by atoms with van der Waals surface area (Å²) in [5.74, 6) is 0.629. The van der Waals surface area contributed by atoms with E-state index in [2.05, 4.69) is 169 Å². The average molecular weight is 745 g/mol. The standard InChI is InChI=1S/C53H32N2OS/c1-3-12-37(13-4-1)53-54-46-29-26-36-24-22-34-25-27-39(31-44(34)50(36)52(46)56-53)55(38-15-5-2-6-16-38)40-28-30-47-45(32-40)51-43(19-10-20-48(51)57-47)42-18-9-14-35-23-21-33-11-7-8-17-41(33)49(35)42/h1-32H. The van der Waals surface area contributed by atoms with Crippen molar-refractivity contribution in [3.63, 3.8) is 0 Å². The van der Waals surface area contributed by atoms with Crippen LogP contribution in [0.1, 0.15) is 0 Å². The highest BCUT2D eigenvalue weighted by Gasteiger charge is 2.20. The van der Waals surface area contributed by atoms with E-state index >= 15 is 0 Å². The highest BCUT2D eigenvalue weighted by molar-refractivity contribution is 7.26. The predicted molar refractivity (Wildman–Crippen MR) is 242 cm³/mol. The van der Waals surface area contributed by atoms with Crippen LogP contribution in [0.25, 0.3) is 96.9 Å². The largest absolute Gasteiger partial charge is 0.435 e. The van der Waals surface area contributed by atoms with Crippen molar-refractivity contribution in [1.29, 1.82) is 0 Å². The zero-order valence-electron chi connectivity index (χ0n) is 30.7. The molecular weight excluding hydrogens is 713 g/mol. The molecule has 2 aromatic heterocycles. The molecule has 0 saturated heterocycles. The Balaban J connectivity index is 1.08. The number of aromatic nitrogens is 1. The molecule has 0 radical (unpaired) electrons. The maximum Gasteiger partial charge on any atom is 0.227 e. The molecular formula is C53H32N2OS. The van der Waals surface area contributed by atoms with Crippen molar-refractivity contribution in [2.24, 2.45) is 0 Å².